The number of nitrogens with one attached hydrogen (secondary N) is 1. The fourth-order valence-corrected chi connectivity index (χ4v) is 1.93. The molecule has 0 amide bonds. The lowest BCUT2D eigenvalue weighted by Crippen LogP contribution is -2.10. The topological polar surface area (TPSA) is 15.8 Å². The van der Waals surface area contributed by atoms with Crippen LogP contribution in [0.1, 0.15) is 37.6 Å². The van der Waals surface area contributed by atoms with Gasteiger partial charge in [0.1, 0.15) is 0 Å². The minimum Gasteiger partial charge on any atom is -0.358 e. The Bertz CT molecular complexity index is 498. The van der Waals surface area contributed by atoms with E-state index in [1.807, 2.05) is 0 Å². The van der Waals surface area contributed by atoms with Crippen LogP contribution in [-0.4, -0.2) is 4.98 Å². The molecule has 15 heavy (non-hydrogen) atoms. The lowest BCUT2D eigenvalue weighted by Gasteiger charge is -2.18. The summed E-state index contributed by atoms with van der Waals surface area (Å²) in [6.07, 6.45) is 0. The van der Waals surface area contributed by atoms with Crippen LogP contribution >= 0.6 is 0 Å². The third kappa shape index (κ3) is 1.67. The number of rotatable bonds is 0. The van der Waals surface area contributed by atoms with Crippen molar-refractivity contribution in [3.8, 4) is 0 Å². The first-order valence-corrected chi connectivity index (χ1v) is 5.49. The van der Waals surface area contributed by atoms with Crippen LogP contribution in [0.5, 0.6) is 0 Å². The molecule has 0 fully saturated rings. The molecule has 2 aromatic rings. The van der Waals surface area contributed by atoms with Crippen LogP contribution < -0.4 is 0 Å². The Labute approximate surface area is 91.5 Å². The third-order valence-electron chi connectivity index (χ3n) is 3.17. The fourth-order valence-electron chi connectivity index (χ4n) is 1.93. The molecule has 80 valence electrons. The van der Waals surface area contributed by atoms with Crippen molar-refractivity contribution < 1.29 is 0 Å². The standard InChI is InChI=1S/C14H19N/c1-9-10(2)15-13-7-6-11(8-12(9)13)14(3,4)5/h6-8,15H,1-5H3. The van der Waals surface area contributed by atoms with Gasteiger partial charge in [-0.25, -0.2) is 0 Å². The molecule has 1 aromatic carbocycles. The molecular formula is C14H19N. The van der Waals surface area contributed by atoms with Gasteiger partial charge in [-0.05, 0) is 42.5 Å². The number of H-pyrrole nitrogens is 1. The molecule has 0 saturated carbocycles. The molecule has 0 spiro atoms. The van der Waals surface area contributed by atoms with E-state index >= 15 is 0 Å². The second kappa shape index (κ2) is 3.13. The summed E-state index contributed by atoms with van der Waals surface area (Å²) in [6, 6.07) is 6.72. The van der Waals surface area contributed by atoms with Crippen LogP contribution in [-0.2, 0) is 5.41 Å². The summed E-state index contributed by atoms with van der Waals surface area (Å²) in [5, 5.41) is 1.36. The summed E-state index contributed by atoms with van der Waals surface area (Å²) in [5.41, 5.74) is 5.52. The van der Waals surface area contributed by atoms with Gasteiger partial charge in [0.15, 0.2) is 0 Å². The highest BCUT2D eigenvalue weighted by molar-refractivity contribution is 5.85. The molecule has 1 N–H and O–H groups in total. The van der Waals surface area contributed by atoms with Crippen LogP contribution in [0.2, 0.25) is 0 Å². The summed E-state index contributed by atoms with van der Waals surface area (Å²) in [7, 11) is 0. The number of aromatic nitrogens is 1. The molecule has 0 saturated heterocycles. The van der Waals surface area contributed by atoms with Crippen molar-refractivity contribution in [1.82, 2.24) is 4.98 Å². The largest absolute Gasteiger partial charge is 0.358 e. The molecule has 1 heteroatoms. The van der Waals surface area contributed by atoms with Gasteiger partial charge in [0, 0.05) is 16.6 Å². The van der Waals surface area contributed by atoms with E-state index in [0.29, 0.717) is 0 Å². The van der Waals surface area contributed by atoms with Gasteiger partial charge in [-0.1, -0.05) is 26.8 Å². The lowest BCUT2D eigenvalue weighted by atomic mass is 9.86. The van der Waals surface area contributed by atoms with Crippen molar-refractivity contribution in [3.05, 3.63) is 35.0 Å². The zero-order valence-electron chi connectivity index (χ0n) is 10.2. The molecule has 0 radical (unpaired) electrons. The number of aryl methyl sites for hydroxylation is 2. The molecular weight excluding hydrogens is 182 g/mol. The predicted octanol–water partition coefficient (Wildman–Crippen LogP) is 4.08. The smallest absolute Gasteiger partial charge is 0.0458 e. The number of benzene rings is 1. The van der Waals surface area contributed by atoms with Crippen LogP contribution in [0.4, 0.5) is 0 Å². The monoisotopic (exact) mass is 201 g/mol. The van der Waals surface area contributed by atoms with E-state index in [1.54, 1.807) is 0 Å². The zero-order chi connectivity index (χ0) is 11.2. The number of hydrogen-bond donors (Lipinski definition) is 1. The van der Waals surface area contributed by atoms with Gasteiger partial charge in [-0.15, -0.1) is 0 Å². The summed E-state index contributed by atoms with van der Waals surface area (Å²) >= 11 is 0. The van der Waals surface area contributed by atoms with Crippen LogP contribution in [0, 0.1) is 13.8 Å². The fraction of sp³-hybridized carbons (Fsp3) is 0.429. The van der Waals surface area contributed by atoms with Crippen molar-refractivity contribution in [1.29, 1.82) is 0 Å². The number of hydrogen-bond acceptors (Lipinski definition) is 0. The SMILES string of the molecule is Cc1[nH]c2ccc(C(C)(C)C)cc2c1C. The molecule has 1 nitrogen and oxygen atoms in total. The number of aromatic amines is 1. The zero-order valence-corrected chi connectivity index (χ0v) is 10.2. The highest BCUT2D eigenvalue weighted by atomic mass is 14.7. The molecule has 1 aromatic heterocycles. The average Bonchev–Trinajstić information content (AvgIpc) is 2.41. The maximum Gasteiger partial charge on any atom is 0.0458 e. The Balaban J connectivity index is 2.70. The summed E-state index contributed by atoms with van der Waals surface area (Å²) in [6.45, 7) is 11.1. The van der Waals surface area contributed by atoms with Gasteiger partial charge in [-0.2, -0.15) is 0 Å². The molecule has 2 rings (SSSR count). The van der Waals surface area contributed by atoms with E-state index in [2.05, 4.69) is 57.8 Å². The van der Waals surface area contributed by atoms with Gasteiger partial charge in [0.05, 0.1) is 0 Å². The van der Waals surface area contributed by atoms with Crippen molar-refractivity contribution >= 4 is 10.9 Å². The first-order valence-electron chi connectivity index (χ1n) is 5.49. The van der Waals surface area contributed by atoms with E-state index in [-0.39, 0.29) is 5.41 Å². The maximum absolute atomic E-state index is 3.41. The van der Waals surface area contributed by atoms with E-state index in [9.17, 15) is 0 Å². The Morgan fingerprint density at radius 3 is 2.33 bits per heavy atom. The molecule has 1 heterocycles. The van der Waals surface area contributed by atoms with E-state index in [0.717, 1.165) is 0 Å². The van der Waals surface area contributed by atoms with Crippen LogP contribution in [0.3, 0.4) is 0 Å². The highest BCUT2D eigenvalue weighted by Gasteiger charge is 2.15. The third-order valence-corrected chi connectivity index (χ3v) is 3.17. The van der Waals surface area contributed by atoms with Crippen molar-refractivity contribution in [2.75, 3.05) is 0 Å². The summed E-state index contributed by atoms with van der Waals surface area (Å²) < 4.78 is 0. The Morgan fingerprint density at radius 2 is 1.73 bits per heavy atom. The normalized spacial score (nSPS) is 12.3. The quantitative estimate of drug-likeness (QED) is 0.661. The minimum absolute atomic E-state index is 0.228. The van der Waals surface area contributed by atoms with Gasteiger partial charge in [0.2, 0.25) is 0 Å². The van der Waals surface area contributed by atoms with Crippen molar-refractivity contribution in [2.24, 2.45) is 0 Å². The van der Waals surface area contributed by atoms with E-state index in [4.69, 9.17) is 0 Å². The van der Waals surface area contributed by atoms with Gasteiger partial charge >= 0.3 is 0 Å². The van der Waals surface area contributed by atoms with Crippen molar-refractivity contribution in [3.63, 3.8) is 0 Å². The summed E-state index contributed by atoms with van der Waals surface area (Å²) in [4.78, 5) is 3.41. The summed E-state index contributed by atoms with van der Waals surface area (Å²) in [5.74, 6) is 0. The molecule has 0 atom stereocenters. The number of fused-ring (bicyclic) bond motifs is 1. The lowest BCUT2D eigenvalue weighted by molar-refractivity contribution is 0.591. The van der Waals surface area contributed by atoms with Crippen LogP contribution in [0.25, 0.3) is 10.9 Å². The van der Waals surface area contributed by atoms with E-state index in [1.165, 1.54) is 27.7 Å². The molecule has 0 unspecified atom stereocenters. The van der Waals surface area contributed by atoms with E-state index < -0.39 is 0 Å². The second-order valence-electron chi connectivity index (χ2n) is 5.39. The van der Waals surface area contributed by atoms with Gasteiger partial charge < -0.3 is 4.98 Å². The molecule has 0 bridgehead atoms. The van der Waals surface area contributed by atoms with Gasteiger partial charge in [0.25, 0.3) is 0 Å². The van der Waals surface area contributed by atoms with Crippen LogP contribution in [0.15, 0.2) is 18.2 Å². The average molecular weight is 201 g/mol. The second-order valence-corrected chi connectivity index (χ2v) is 5.39. The van der Waals surface area contributed by atoms with Gasteiger partial charge in [-0.3, -0.25) is 0 Å². The predicted molar refractivity (Wildman–Crippen MR) is 66.5 cm³/mol. The highest BCUT2D eigenvalue weighted by Crippen LogP contribution is 2.28. The Morgan fingerprint density at radius 1 is 1.07 bits per heavy atom. The Kier molecular flexibility index (Phi) is 2.14. The van der Waals surface area contributed by atoms with Crippen molar-refractivity contribution in [2.45, 2.75) is 40.0 Å². The first kappa shape index (κ1) is 10.3. The minimum atomic E-state index is 0.228. The molecule has 0 aliphatic heterocycles. The first-order chi connectivity index (χ1) is 6.89. The maximum atomic E-state index is 3.41. The Hall–Kier alpha value is -1.24. The molecule has 0 aliphatic carbocycles. The molecule has 0 aliphatic rings.